The summed E-state index contributed by atoms with van der Waals surface area (Å²) < 4.78 is 24.7. The maximum absolute atomic E-state index is 13.3. The summed E-state index contributed by atoms with van der Waals surface area (Å²) in [6.07, 6.45) is 0. The lowest BCUT2D eigenvalue weighted by Crippen LogP contribution is -2.09. The van der Waals surface area contributed by atoms with Gasteiger partial charge in [-0.3, -0.25) is 0 Å². The van der Waals surface area contributed by atoms with Crippen LogP contribution >= 0.6 is 15.9 Å². The van der Waals surface area contributed by atoms with E-state index in [-0.39, 0.29) is 5.82 Å². The van der Waals surface area contributed by atoms with Gasteiger partial charge in [0, 0.05) is 12.6 Å². The molecule has 0 saturated carbocycles. The number of rotatable bonds is 7. The Labute approximate surface area is 132 Å². The van der Waals surface area contributed by atoms with Gasteiger partial charge in [0.1, 0.15) is 30.5 Å². The highest BCUT2D eigenvalue weighted by atomic mass is 79.9. The van der Waals surface area contributed by atoms with Gasteiger partial charge in [0.05, 0.1) is 4.47 Å². The SMILES string of the molecule is CNCc1ccc(OCCOc2ccc(Br)c(F)c2)cc1. The maximum Gasteiger partial charge on any atom is 0.141 e. The van der Waals surface area contributed by atoms with E-state index < -0.39 is 0 Å². The summed E-state index contributed by atoms with van der Waals surface area (Å²) in [5.74, 6) is 0.942. The van der Waals surface area contributed by atoms with Gasteiger partial charge in [-0.15, -0.1) is 0 Å². The Morgan fingerprint density at radius 3 is 2.24 bits per heavy atom. The Balaban J connectivity index is 1.75. The minimum atomic E-state index is -0.339. The quantitative estimate of drug-likeness (QED) is 0.768. The van der Waals surface area contributed by atoms with Crippen LogP contribution in [0.1, 0.15) is 5.56 Å². The first-order valence-corrected chi connectivity index (χ1v) is 7.42. The molecule has 0 unspecified atom stereocenters. The number of hydrogen-bond acceptors (Lipinski definition) is 3. The van der Waals surface area contributed by atoms with Crippen LogP contribution in [0, 0.1) is 5.82 Å². The van der Waals surface area contributed by atoms with Crippen LogP contribution in [0.2, 0.25) is 0 Å². The Morgan fingerprint density at radius 2 is 1.62 bits per heavy atom. The van der Waals surface area contributed by atoms with E-state index in [0.717, 1.165) is 12.3 Å². The van der Waals surface area contributed by atoms with Crippen molar-refractivity contribution in [1.82, 2.24) is 5.32 Å². The summed E-state index contributed by atoms with van der Waals surface area (Å²) in [4.78, 5) is 0. The molecule has 1 N–H and O–H groups in total. The van der Waals surface area contributed by atoms with Crippen LogP contribution in [-0.4, -0.2) is 20.3 Å². The second kappa shape index (κ2) is 8.00. The molecule has 0 aliphatic carbocycles. The van der Waals surface area contributed by atoms with Crippen molar-refractivity contribution in [2.24, 2.45) is 0 Å². The van der Waals surface area contributed by atoms with Crippen LogP contribution in [0.4, 0.5) is 4.39 Å². The lowest BCUT2D eigenvalue weighted by Gasteiger charge is -2.09. The van der Waals surface area contributed by atoms with Crippen LogP contribution in [-0.2, 0) is 6.54 Å². The van der Waals surface area contributed by atoms with Gasteiger partial charge in [0.15, 0.2) is 0 Å². The van der Waals surface area contributed by atoms with E-state index in [1.165, 1.54) is 11.6 Å². The maximum atomic E-state index is 13.3. The standard InChI is InChI=1S/C16H17BrFNO2/c1-19-11-12-2-4-13(5-3-12)20-8-9-21-14-6-7-15(17)16(18)10-14/h2-7,10,19H,8-9,11H2,1H3. The second-order valence-corrected chi connectivity index (χ2v) is 5.30. The molecule has 112 valence electrons. The van der Waals surface area contributed by atoms with Crippen molar-refractivity contribution in [1.29, 1.82) is 0 Å². The fourth-order valence-corrected chi connectivity index (χ4v) is 2.04. The van der Waals surface area contributed by atoms with Gasteiger partial charge < -0.3 is 14.8 Å². The highest BCUT2D eigenvalue weighted by Gasteiger charge is 2.01. The molecule has 0 spiro atoms. The summed E-state index contributed by atoms with van der Waals surface area (Å²) in [7, 11) is 1.91. The van der Waals surface area contributed by atoms with Crippen molar-refractivity contribution in [3.05, 3.63) is 58.3 Å². The van der Waals surface area contributed by atoms with Crippen molar-refractivity contribution >= 4 is 15.9 Å². The fraction of sp³-hybridized carbons (Fsp3) is 0.250. The Kier molecular flexibility index (Phi) is 6.02. The molecule has 0 bridgehead atoms. The van der Waals surface area contributed by atoms with Crippen LogP contribution in [0.25, 0.3) is 0 Å². The molecule has 0 aliphatic heterocycles. The van der Waals surface area contributed by atoms with Gasteiger partial charge in [0.2, 0.25) is 0 Å². The molecular formula is C16H17BrFNO2. The first-order valence-electron chi connectivity index (χ1n) is 6.63. The molecule has 5 heteroatoms. The fourth-order valence-electron chi connectivity index (χ4n) is 1.79. The molecule has 0 aromatic heterocycles. The van der Waals surface area contributed by atoms with Gasteiger partial charge in [0.25, 0.3) is 0 Å². The molecule has 0 amide bonds. The van der Waals surface area contributed by atoms with Crippen molar-refractivity contribution < 1.29 is 13.9 Å². The average Bonchev–Trinajstić information content (AvgIpc) is 2.49. The van der Waals surface area contributed by atoms with E-state index in [0.29, 0.717) is 23.4 Å². The van der Waals surface area contributed by atoms with E-state index >= 15 is 0 Å². The van der Waals surface area contributed by atoms with E-state index in [1.54, 1.807) is 12.1 Å². The average molecular weight is 354 g/mol. The number of benzene rings is 2. The van der Waals surface area contributed by atoms with E-state index in [1.807, 2.05) is 31.3 Å². The Bertz CT molecular complexity index is 575. The first-order chi connectivity index (χ1) is 10.2. The van der Waals surface area contributed by atoms with E-state index in [4.69, 9.17) is 9.47 Å². The summed E-state index contributed by atoms with van der Waals surface area (Å²) in [5.41, 5.74) is 1.20. The zero-order valence-corrected chi connectivity index (χ0v) is 13.3. The Hall–Kier alpha value is -1.59. The van der Waals surface area contributed by atoms with Crippen LogP contribution < -0.4 is 14.8 Å². The van der Waals surface area contributed by atoms with Gasteiger partial charge in [-0.05, 0) is 52.8 Å². The number of ether oxygens (including phenoxy) is 2. The van der Waals surface area contributed by atoms with Crippen molar-refractivity contribution in [2.45, 2.75) is 6.54 Å². The molecule has 0 fully saturated rings. The number of hydrogen-bond donors (Lipinski definition) is 1. The summed E-state index contributed by atoms with van der Waals surface area (Å²) >= 11 is 3.10. The summed E-state index contributed by atoms with van der Waals surface area (Å²) in [5, 5.41) is 3.09. The highest BCUT2D eigenvalue weighted by molar-refractivity contribution is 9.10. The minimum absolute atomic E-state index is 0.339. The van der Waals surface area contributed by atoms with Crippen LogP contribution in [0.15, 0.2) is 46.9 Å². The van der Waals surface area contributed by atoms with Crippen molar-refractivity contribution in [2.75, 3.05) is 20.3 Å². The van der Waals surface area contributed by atoms with Gasteiger partial charge in [-0.1, -0.05) is 12.1 Å². The predicted octanol–water partition coefficient (Wildman–Crippen LogP) is 3.77. The van der Waals surface area contributed by atoms with Gasteiger partial charge >= 0.3 is 0 Å². The summed E-state index contributed by atoms with van der Waals surface area (Å²) in [6.45, 7) is 1.60. The largest absolute Gasteiger partial charge is 0.490 e. The van der Waals surface area contributed by atoms with Crippen molar-refractivity contribution in [3.63, 3.8) is 0 Å². The second-order valence-electron chi connectivity index (χ2n) is 4.45. The van der Waals surface area contributed by atoms with Crippen LogP contribution in [0.5, 0.6) is 11.5 Å². The molecule has 0 radical (unpaired) electrons. The predicted molar refractivity (Wildman–Crippen MR) is 84.3 cm³/mol. The molecular weight excluding hydrogens is 337 g/mol. The third kappa shape index (κ3) is 5.02. The first kappa shape index (κ1) is 15.8. The molecule has 0 saturated heterocycles. The topological polar surface area (TPSA) is 30.5 Å². The molecule has 21 heavy (non-hydrogen) atoms. The lowest BCUT2D eigenvalue weighted by atomic mass is 10.2. The molecule has 0 atom stereocenters. The van der Waals surface area contributed by atoms with Gasteiger partial charge in [-0.25, -0.2) is 4.39 Å². The van der Waals surface area contributed by atoms with Crippen LogP contribution in [0.3, 0.4) is 0 Å². The Morgan fingerprint density at radius 1 is 1.00 bits per heavy atom. The highest BCUT2D eigenvalue weighted by Crippen LogP contribution is 2.20. The molecule has 0 heterocycles. The molecule has 0 aliphatic rings. The monoisotopic (exact) mass is 353 g/mol. The lowest BCUT2D eigenvalue weighted by molar-refractivity contribution is 0.216. The third-order valence-corrected chi connectivity index (χ3v) is 3.46. The zero-order valence-electron chi connectivity index (χ0n) is 11.7. The number of halogens is 2. The summed E-state index contributed by atoms with van der Waals surface area (Å²) in [6, 6.07) is 12.5. The normalized spacial score (nSPS) is 10.4. The molecule has 2 rings (SSSR count). The van der Waals surface area contributed by atoms with Gasteiger partial charge in [-0.2, -0.15) is 0 Å². The zero-order chi connectivity index (χ0) is 15.1. The molecule has 2 aromatic rings. The smallest absolute Gasteiger partial charge is 0.141 e. The van der Waals surface area contributed by atoms with E-state index in [9.17, 15) is 4.39 Å². The van der Waals surface area contributed by atoms with Crippen molar-refractivity contribution in [3.8, 4) is 11.5 Å². The molecule has 2 aromatic carbocycles. The molecule has 3 nitrogen and oxygen atoms in total. The number of nitrogens with one attached hydrogen (secondary N) is 1. The minimum Gasteiger partial charge on any atom is -0.490 e. The third-order valence-electron chi connectivity index (χ3n) is 2.82. The van der Waals surface area contributed by atoms with E-state index in [2.05, 4.69) is 21.2 Å².